The van der Waals surface area contributed by atoms with Crippen molar-refractivity contribution in [2.24, 2.45) is 0 Å². The number of nitrogens with one attached hydrogen (secondary N) is 1. The zero-order valence-corrected chi connectivity index (χ0v) is 10.5. The van der Waals surface area contributed by atoms with Crippen molar-refractivity contribution in [3.63, 3.8) is 0 Å². The molecule has 0 saturated carbocycles. The molecule has 0 radical (unpaired) electrons. The van der Waals surface area contributed by atoms with Crippen LogP contribution in [0.1, 0.15) is 12.5 Å². The van der Waals surface area contributed by atoms with E-state index in [1.807, 2.05) is 0 Å². The van der Waals surface area contributed by atoms with Crippen LogP contribution < -0.4 is 4.72 Å². The van der Waals surface area contributed by atoms with Crippen LogP contribution in [0.3, 0.4) is 0 Å². The van der Waals surface area contributed by atoms with Gasteiger partial charge in [0.15, 0.2) is 0 Å². The number of hydrogen-bond acceptors (Lipinski definition) is 2. The first-order chi connectivity index (χ1) is 6.94. The summed E-state index contributed by atoms with van der Waals surface area (Å²) in [5.41, 5.74) is 0.544. The quantitative estimate of drug-likeness (QED) is 0.911. The van der Waals surface area contributed by atoms with Gasteiger partial charge in [-0.15, -0.1) is 0 Å². The molecule has 0 amide bonds. The average molecular weight is 268 g/mol. The van der Waals surface area contributed by atoms with Crippen LogP contribution in [0, 0.1) is 0 Å². The van der Waals surface area contributed by atoms with Gasteiger partial charge >= 0.3 is 0 Å². The monoisotopic (exact) mass is 267 g/mol. The van der Waals surface area contributed by atoms with E-state index in [2.05, 4.69) is 4.72 Å². The molecule has 0 aliphatic rings. The highest BCUT2D eigenvalue weighted by Crippen LogP contribution is 2.22. The number of hydrogen-bond donors (Lipinski definition) is 1. The van der Waals surface area contributed by atoms with Crippen molar-refractivity contribution < 1.29 is 8.42 Å². The molecule has 0 aromatic heterocycles. The highest BCUT2D eigenvalue weighted by atomic mass is 35.5. The summed E-state index contributed by atoms with van der Waals surface area (Å²) in [5, 5.41) is 0.855. The molecule has 0 bridgehead atoms. The predicted molar refractivity (Wildman–Crippen MR) is 62.8 cm³/mol. The van der Waals surface area contributed by atoms with Crippen LogP contribution in [0.4, 0.5) is 0 Å². The van der Waals surface area contributed by atoms with Gasteiger partial charge in [0.25, 0.3) is 0 Å². The fraction of sp³-hybridized carbons (Fsp3) is 0.333. The van der Waals surface area contributed by atoms with Crippen LogP contribution in [0.25, 0.3) is 0 Å². The molecule has 0 fully saturated rings. The maximum Gasteiger partial charge on any atom is 0.215 e. The summed E-state index contributed by atoms with van der Waals surface area (Å²) in [6, 6.07) is 4.75. The van der Waals surface area contributed by atoms with Gasteiger partial charge in [-0.25, -0.2) is 13.1 Å². The number of halogens is 2. The molecule has 0 saturated heterocycles. The highest BCUT2D eigenvalue weighted by molar-refractivity contribution is 7.88. The topological polar surface area (TPSA) is 46.2 Å². The molecule has 0 aliphatic heterocycles. The maximum absolute atomic E-state index is 11.4. The Morgan fingerprint density at radius 1 is 1.33 bits per heavy atom. The number of rotatable bonds is 4. The average Bonchev–Trinajstić information content (AvgIpc) is 2.09. The van der Waals surface area contributed by atoms with Crippen molar-refractivity contribution in [3.05, 3.63) is 33.8 Å². The Hall–Kier alpha value is -0.290. The maximum atomic E-state index is 11.4. The van der Waals surface area contributed by atoms with Gasteiger partial charge in [-0.05, 0) is 17.7 Å². The molecule has 1 aromatic rings. The van der Waals surface area contributed by atoms with Crippen LogP contribution in [0.15, 0.2) is 18.2 Å². The summed E-state index contributed by atoms with van der Waals surface area (Å²) in [7, 11) is -3.30. The van der Waals surface area contributed by atoms with Gasteiger partial charge in [-0.2, -0.15) is 0 Å². The molecular formula is C9H11Cl2NO2S. The van der Waals surface area contributed by atoms with Crippen LogP contribution in [0.5, 0.6) is 0 Å². The van der Waals surface area contributed by atoms with E-state index in [1.165, 1.54) is 6.07 Å². The SMILES string of the molecule is CCNS(=O)(=O)Cc1ccc(Cl)cc1Cl. The molecule has 1 rings (SSSR count). The van der Waals surface area contributed by atoms with E-state index in [0.717, 1.165) is 0 Å². The van der Waals surface area contributed by atoms with E-state index in [0.29, 0.717) is 22.2 Å². The lowest BCUT2D eigenvalue weighted by Crippen LogP contribution is -2.24. The molecule has 0 atom stereocenters. The molecule has 1 aromatic carbocycles. The van der Waals surface area contributed by atoms with Gasteiger partial charge in [0.05, 0.1) is 5.75 Å². The second-order valence-electron chi connectivity index (χ2n) is 2.99. The van der Waals surface area contributed by atoms with Gasteiger partial charge in [-0.3, -0.25) is 0 Å². The molecule has 6 heteroatoms. The first kappa shape index (κ1) is 12.8. The molecule has 84 valence electrons. The summed E-state index contributed by atoms with van der Waals surface area (Å²) in [6.45, 7) is 2.09. The van der Waals surface area contributed by atoms with Crippen LogP contribution in [-0.2, 0) is 15.8 Å². The van der Waals surface area contributed by atoms with Crippen molar-refractivity contribution in [1.82, 2.24) is 4.72 Å². The smallest absolute Gasteiger partial charge is 0.215 e. The first-order valence-electron chi connectivity index (χ1n) is 4.36. The van der Waals surface area contributed by atoms with Crippen molar-refractivity contribution in [2.45, 2.75) is 12.7 Å². The number of sulfonamides is 1. The Kier molecular flexibility index (Phi) is 4.40. The lowest BCUT2D eigenvalue weighted by molar-refractivity contribution is 0.583. The van der Waals surface area contributed by atoms with Crippen LogP contribution in [-0.4, -0.2) is 15.0 Å². The third-order valence-corrected chi connectivity index (χ3v) is 3.73. The Bertz CT molecular complexity index is 445. The minimum Gasteiger partial charge on any atom is -0.215 e. The summed E-state index contributed by atoms with van der Waals surface area (Å²) in [4.78, 5) is 0. The molecular weight excluding hydrogens is 257 g/mol. The van der Waals surface area contributed by atoms with Crippen molar-refractivity contribution in [3.8, 4) is 0 Å². The largest absolute Gasteiger partial charge is 0.215 e. The van der Waals surface area contributed by atoms with E-state index >= 15 is 0 Å². The van der Waals surface area contributed by atoms with Crippen LogP contribution in [0.2, 0.25) is 10.0 Å². The van der Waals surface area contributed by atoms with E-state index in [-0.39, 0.29) is 5.75 Å². The molecule has 0 heterocycles. The van der Waals surface area contributed by atoms with Gasteiger partial charge in [-0.1, -0.05) is 36.2 Å². The molecule has 0 unspecified atom stereocenters. The van der Waals surface area contributed by atoms with Gasteiger partial charge < -0.3 is 0 Å². The first-order valence-corrected chi connectivity index (χ1v) is 6.76. The van der Waals surface area contributed by atoms with E-state index in [4.69, 9.17) is 23.2 Å². The summed E-state index contributed by atoms with van der Waals surface area (Å²) in [6.07, 6.45) is 0. The Labute approximate surface area is 99.4 Å². The Morgan fingerprint density at radius 2 is 2.00 bits per heavy atom. The minimum absolute atomic E-state index is 0.128. The Balaban J connectivity index is 2.90. The molecule has 1 N–H and O–H groups in total. The zero-order valence-electron chi connectivity index (χ0n) is 8.13. The summed E-state index contributed by atoms with van der Waals surface area (Å²) >= 11 is 11.6. The third kappa shape index (κ3) is 3.99. The molecule has 0 spiro atoms. The van der Waals surface area contributed by atoms with Crippen molar-refractivity contribution in [1.29, 1.82) is 0 Å². The highest BCUT2D eigenvalue weighted by Gasteiger charge is 2.12. The minimum atomic E-state index is -3.30. The normalized spacial score (nSPS) is 11.7. The van der Waals surface area contributed by atoms with E-state index in [9.17, 15) is 8.42 Å². The number of benzene rings is 1. The van der Waals surface area contributed by atoms with Gasteiger partial charge in [0.2, 0.25) is 10.0 Å². The van der Waals surface area contributed by atoms with Gasteiger partial charge in [0.1, 0.15) is 0 Å². The fourth-order valence-electron chi connectivity index (χ4n) is 1.11. The molecule has 15 heavy (non-hydrogen) atoms. The van der Waals surface area contributed by atoms with Crippen molar-refractivity contribution in [2.75, 3.05) is 6.54 Å². The molecule has 3 nitrogen and oxygen atoms in total. The van der Waals surface area contributed by atoms with Gasteiger partial charge in [0, 0.05) is 16.6 Å². The summed E-state index contributed by atoms with van der Waals surface area (Å²) in [5.74, 6) is -0.128. The molecule has 0 aliphatic carbocycles. The predicted octanol–water partition coefficient (Wildman–Crippen LogP) is 2.43. The van der Waals surface area contributed by atoms with E-state index in [1.54, 1.807) is 19.1 Å². The zero-order chi connectivity index (χ0) is 11.5. The third-order valence-electron chi connectivity index (χ3n) is 1.72. The second-order valence-corrected chi connectivity index (χ2v) is 5.64. The van der Waals surface area contributed by atoms with E-state index < -0.39 is 10.0 Å². The summed E-state index contributed by atoms with van der Waals surface area (Å²) < 4.78 is 25.3. The van der Waals surface area contributed by atoms with Crippen LogP contribution >= 0.6 is 23.2 Å². The lowest BCUT2D eigenvalue weighted by Gasteiger charge is -2.06. The fourth-order valence-corrected chi connectivity index (χ4v) is 2.87. The second kappa shape index (κ2) is 5.16. The van der Waals surface area contributed by atoms with Crippen molar-refractivity contribution >= 4 is 33.2 Å². The Morgan fingerprint density at radius 3 is 2.53 bits per heavy atom. The standard InChI is InChI=1S/C9H11Cl2NO2S/c1-2-12-15(13,14)6-7-3-4-8(10)5-9(7)11/h3-5,12H,2,6H2,1H3. The lowest BCUT2D eigenvalue weighted by atomic mass is 10.2.